The molecule has 0 aromatic heterocycles. The first kappa shape index (κ1) is 13.3. The predicted octanol–water partition coefficient (Wildman–Crippen LogP) is 1.56. The molecule has 1 N–H and O–H groups in total. The summed E-state index contributed by atoms with van der Waals surface area (Å²) in [5.41, 5.74) is 0.946. The molecule has 3 nitrogen and oxygen atoms in total. The maximum Gasteiger partial charge on any atom is 0.125 e. The minimum atomic E-state index is -0.171. The lowest BCUT2D eigenvalue weighted by molar-refractivity contribution is 0.192. The monoisotopic (exact) mass is 251 g/mol. The Labute approximate surface area is 109 Å². The topological polar surface area (TPSA) is 18.5 Å². The molecule has 18 heavy (non-hydrogen) atoms. The predicted molar refractivity (Wildman–Crippen MR) is 73.6 cm³/mol. The summed E-state index contributed by atoms with van der Waals surface area (Å²) in [6.07, 6.45) is 1.09. The number of hydrogen-bond acceptors (Lipinski definition) is 3. The van der Waals surface area contributed by atoms with Crippen molar-refractivity contribution in [1.82, 2.24) is 10.2 Å². The number of rotatable bonds is 4. The van der Waals surface area contributed by atoms with E-state index in [0.29, 0.717) is 6.04 Å². The lowest BCUT2D eigenvalue weighted by Crippen LogP contribution is -2.50. The molecule has 100 valence electrons. The number of halogens is 1. The van der Waals surface area contributed by atoms with Gasteiger partial charge in [-0.1, -0.05) is 6.07 Å². The molecule has 0 spiro atoms. The van der Waals surface area contributed by atoms with Crippen LogP contribution in [-0.2, 0) is 0 Å². The number of benzene rings is 1. The molecule has 1 unspecified atom stereocenters. The zero-order valence-electron chi connectivity index (χ0n) is 11.2. The largest absolute Gasteiger partial charge is 0.374 e. The van der Waals surface area contributed by atoms with E-state index in [4.69, 9.17) is 0 Å². The lowest BCUT2D eigenvalue weighted by atomic mass is 10.1. The Bertz CT molecular complexity index is 383. The van der Waals surface area contributed by atoms with Gasteiger partial charge in [0.05, 0.1) is 0 Å². The van der Waals surface area contributed by atoms with Gasteiger partial charge in [0.2, 0.25) is 0 Å². The third kappa shape index (κ3) is 3.43. The smallest absolute Gasteiger partial charge is 0.125 e. The molecule has 1 aliphatic heterocycles. The molecular weight excluding hydrogens is 229 g/mol. The fourth-order valence-electron chi connectivity index (χ4n) is 2.37. The van der Waals surface area contributed by atoms with E-state index in [0.717, 1.165) is 38.3 Å². The van der Waals surface area contributed by atoms with E-state index in [1.54, 1.807) is 12.1 Å². The second kappa shape index (κ2) is 6.16. The molecule has 2 rings (SSSR count). The van der Waals surface area contributed by atoms with Gasteiger partial charge in [0.15, 0.2) is 0 Å². The zero-order valence-corrected chi connectivity index (χ0v) is 11.2. The molecule has 1 saturated heterocycles. The van der Waals surface area contributed by atoms with Gasteiger partial charge in [0.1, 0.15) is 5.82 Å². The first-order valence-electron chi connectivity index (χ1n) is 6.54. The van der Waals surface area contributed by atoms with Crippen molar-refractivity contribution >= 4 is 5.69 Å². The fraction of sp³-hybridized carbons (Fsp3) is 0.571. The van der Waals surface area contributed by atoms with E-state index in [1.165, 1.54) is 6.07 Å². The van der Waals surface area contributed by atoms with Crippen molar-refractivity contribution in [3.63, 3.8) is 0 Å². The number of nitrogens with zero attached hydrogens (tertiary/aromatic N) is 2. The first-order valence-corrected chi connectivity index (χ1v) is 6.54. The highest BCUT2D eigenvalue weighted by atomic mass is 19.1. The Balaban J connectivity index is 1.86. The fourth-order valence-corrected chi connectivity index (χ4v) is 2.37. The minimum Gasteiger partial charge on any atom is -0.374 e. The highest BCUT2D eigenvalue weighted by Crippen LogP contribution is 2.15. The van der Waals surface area contributed by atoms with Gasteiger partial charge in [0.25, 0.3) is 0 Å². The average molecular weight is 251 g/mol. The number of hydrogen-bond donors (Lipinski definition) is 1. The van der Waals surface area contributed by atoms with Gasteiger partial charge in [0, 0.05) is 45.0 Å². The number of likely N-dealkylation sites (N-methyl/N-ethyl adjacent to an activating group) is 1. The van der Waals surface area contributed by atoms with Crippen LogP contribution in [0.15, 0.2) is 24.3 Å². The molecule has 0 bridgehead atoms. The van der Waals surface area contributed by atoms with Crippen molar-refractivity contribution in [2.45, 2.75) is 12.5 Å². The molecular formula is C14H22FN3. The summed E-state index contributed by atoms with van der Waals surface area (Å²) in [5, 5.41) is 3.42. The molecule has 0 saturated carbocycles. The summed E-state index contributed by atoms with van der Waals surface area (Å²) in [5.74, 6) is -0.171. The van der Waals surface area contributed by atoms with Gasteiger partial charge < -0.3 is 15.1 Å². The van der Waals surface area contributed by atoms with E-state index < -0.39 is 0 Å². The number of anilines is 1. The SMILES string of the molecule is CN(CCC1CNCCN1C)c1cccc(F)c1. The van der Waals surface area contributed by atoms with E-state index in [-0.39, 0.29) is 5.82 Å². The van der Waals surface area contributed by atoms with E-state index in [9.17, 15) is 4.39 Å². The summed E-state index contributed by atoms with van der Waals surface area (Å²) < 4.78 is 13.1. The Kier molecular flexibility index (Phi) is 4.55. The van der Waals surface area contributed by atoms with Gasteiger partial charge >= 0.3 is 0 Å². The van der Waals surface area contributed by atoms with E-state index in [1.807, 2.05) is 13.1 Å². The molecule has 1 atom stereocenters. The van der Waals surface area contributed by atoms with Crippen LogP contribution in [0.2, 0.25) is 0 Å². The van der Waals surface area contributed by atoms with Crippen LogP contribution >= 0.6 is 0 Å². The van der Waals surface area contributed by atoms with Gasteiger partial charge in [-0.15, -0.1) is 0 Å². The standard InChI is InChI=1S/C14H22FN3/c1-17(13-5-3-4-12(15)10-13)8-6-14-11-16-7-9-18(14)2/h3-5,10,14,16H,6-9,11H2,1-2H3. The number of piperazine rings is 1. The molecule has 1 heterocycles. The molecule has 0 amide bonds. The second-order valence-electron chi connectivity index (χ2n) is 5.03. The van der Waals surface area contributed by atoms with Gasteiger partial charge in [-0.25, -0.2) is 4.39 Å². The van der Waals surface area contributed by atoms with Crippen LogP contribution in [0.5, 0.6) is 0 Å². The maximum absolute atomic E-state index is 13.1. The van der Waals surface area contributed by atoms with E-state index in [2.05, 4.69) is 22.2 Å². The van der Waals surface area contributed by atoms with Crippen LogP contribution in [0.1, 0.15) is 6.42 Å². The van der Waals surface area contributed by atoms with Gasteiger partial charge in [-0.05, 0) is 31.7 Å². The highest BCUT2D eigenvalue weighted by Gasteiger charge is 2.18. The Morgan fingerprint density at radius 2 is 2.33 bits per heavy atom. The molecule has 0 radical (unpaired) electrons. The molecule has 1 aromatic rings. The van der Waals surface area contributed by atoms with Crippen LogP contribution in [-0.4, -0.2) is 51.2 Å². The second-order valence-corrected chi connectivity index (χ2v) is 5.03. The molecule has 4 heteroatoms. The lowest BCUT2D eigenvalue weighted by Gasteiger charge is -2.34. The molecule has 1 aromatic carbocycles. The van der Waals surface area contributed by atoms with Crippen molar-refractivity contribution in [2.75, 3.05) is 45.2 Å². The first-order chi connectivity index (χ1) is 8.66. The van der Waals surface area contributed by atoms with Crippen LogP contribution in [0.3, 0.4) is 0 Å². The summed E-state index contributed by atoms with van der Waals surface area (Å²) >= 11 is 0. The summed E-state index contributed by atoms with van der Waals surface area (Å²) in [7, 11) is 4.19. The Morgan fingerprint density at radius 3 is 3.06 bits per heavy atom. The molecule has 0 aliphatic carbocycles. The average Bonchev–Trinajstić information content (AvgIpc) is 2.37. The Hall–Kier alpha value is -1.13. The summed E-state index contributed by atoms with van der Waals surface area (Å²) in [4.78, 5) is 4.52. The van der Waals surface area contributed by atoms with Crippen LogP contribution in [0, 0.1) is 5.82 Å². The van der Waals surface area contributed by atoms with Gasteiger partial charge in [-0.2, -0.15) is 0 Å². The van der Waals surface area contributed by atoms with E-state index >= 15 is 0 Å². The van der Waals surface area contributed by atoms with Crippen molar-refractivity contribution in [3.8, 4) is 0 Å². The van der Waals surface area contributed by atoms with Crippen molar-refractivity contribution in [2.24, 2.45) is 0 Å². The molecule has 1 fully saturated rings. The Morgan fingerprint density at radius 1 is 1.50 bits per heavy atom. The normalized spacial score (nSPS) is 20.9. The quantitative estimate of drug-likeness (QED) is 0.876. The third-order valence-electron chi connectivity index (χ3n) is 3.69. The third-order valence-corrected chi connectivity index (χ3v) is 3.69. The summed E-state index contributed by atoms with van der Waals surface area (Å²) in [6, 6.07) is 7.36. The summed E-state index contributed by atoms with van der Waals surface area (Å²) in [6.45, 7) is 4.18. The maximum atomic E-state index is 13.1. The van der Waals surface area contributed by atoms with Gasteiger partial charge in [-0.3, -0.25) is 0 Å². The van der Waals surface area contributed by atoms with Crippen molar-refractivity contribution < 1.29 is 4.39 Å². The van der Waals surface area contributed by atoms with Crippen LogP contribution < -0.4 is 10.2 Å². The van der Waals surface area contributed by atoms with Crippen molar-refractivity contribution in [1.29, 1.82) is 0 Å². The molecule has 1 aliphatic rings. The minimum absolute atomic E-state index is 0.171. The number of nitrogens with one attached hydrogen (secondary N) is 1. The van der Waals surface area contributed by atoms with Crippen LogP contribution in [0.4, 0.5) is 10.1 Å². The van der Waals surface area contributed by atoms with Crippen molar-refractivity contribution in [3.05, 3.63) is 30.1 Å². The zero-order chi connectivity index (χ0) is 13.0. The highest BCUT2D eigenvalue weighted by molar-refractivity contribution is 5.45. The van der Waals surface area contributed by atoms with Crippen LogP contribution in [0.25, 0.3) is 0 Å².